The van der Waals surface area contributed by atoms with Crippen molar-refractivity contribution in [2.45, 2.75) is 49.9 Å². The van der Waals surface area contributed by atoms with Crippen LogP contribution >= 0.6 is 0 Å². The molecule has 1 amide bonds. The highest BCUT2D eigenvalue weighted by molar-refractivity contribution is 5.70. The van der Waals surface area contributed by atoms with E-state index in [4.69, 9.17) is 4.74 Å². The van der Waals surface area contributed by atoms with Crippen molar-refractivity contribution < 1.29 is 32.2 Å². The summed E-state index contributed by atoms with van der Waals surface area (Å²) >= 11 is 0. The Morgan fingerprint density at radius 2 is 1.91 bits per heavy atom. The Bertz CT molecular complexity index is 984. The van der Waals surface area contributed by atoms with E-state index < -0.39 is 23.4 Å². The second kappa shape index (κ2) is 9.77. The van der Waals surface area contributed by atoms with Crippen molar-refractivity contribution in [3.8, 4) is 0 Å². The third-order valence-electron chi connectivity index (χ3n) is 6.62. The van der Waals surface area contributed by atoms with Crippen molar-refractivity contribution >= 4 is 11.9 Å². The molecule has 1 N–H and O–H groups in total. The predicted molar refractivity (Wildman–Crippen MR) is 117 cm³/mol. The molecule has 1 aromatic heterocycles. The van der Waals surface area contributed by atoms with Gasteiger partial charge in [-0.2, -0.15) is 13.2 Å². The van der Waals surface area contributed by atoms with Gasteiger partial charge in [0.1, 0.15) is 17.2 Å². The highest BCUT2D eigenvalue weighted by atomic mass is 19.4. The van der Waals surface area contributed by atoms with Gasteiger partial charge in [0.25, 0.3) is 0 Å². The molecular weight excluding hydrogens is 454 g/mol. The van der Waals surface area contributed by atoms with Crippen LogP contribution in [0.5, 0.6) is 0 Å². The zero-order valence-electron chi connectivity index (χ0n) is 18.6. The molecule has 0 aliphatic carbocycles. The summed E-state index contributed by atoms with van der Waals surface area (Å²) in [6.45, 7) is 1.43. The standard InChI is InChI=1S/C24H27F4N3O3/c25-19-7-4-17(5-8-19)23(10-2-14-32)11-13-31(22(33)34-23)20-3-1-12-30(16-20)21-9-6-18(15-29-21)24(26,27)28/h4-9,15,20,32H,1-3,10-14,16H2. The molecule has 2 atom stereocenters. The van der Waals surface area contributed by atoms with E-state index in [1.165, 1.54) is 18.2 Å². The van der Waals surface area contributed by atoms with E-state index in [0.29, 0.717) is 50.3 Å². The number of amides is 1. The summed E-state index contributed by atoms with van der Waals surface area (Å²) < 4.78 is 57.9. The molecule has 2 aliphatic rings. The average molecular weight is 481 g/mol. The van der Waals surface area contributed by atoms with Gasteiger partial charge in [-0.25, -0.2) is 14.2 Å². The molecule has 2 fully saturated rings. The minimum absolute atomic E-state index is 0.0536. The zero-order valence-corrected chi connectivity index (χ0v) is 18.6. The average Bonchev–Trinajstić information content (AvgIpc) is 2.83. The number of aromatic nitrogens is 1. The van der Waals surface area contributed by atoms with Gasteiger partial charge in [-0.1, -0.05) is 12.1 Å². The van der Waals surface area contributed by atoms with E-state index in [9.17, 15) is 27.5 Å². The lowest BCUT2D eigenvalue weighted by Crippen LogP contribution is -2.56. The fourth-order valence-electron chi connectivity index (χ4n) is 4.80. The van der Waals surface area contributed by atoms with Crippen LogP contribution < -0.4 is 4.90 Å². The van der Waals surface area contributed by atoms with Crippen LogP contribution in [0.25, 0.3) is 0 Å². The number of carbonyl (C=O) groups excluding carboxylic acids is 1. The maximum atomic E-state index is 13.4. The van der Waals surface area contributed by atoms with Gasteiger partial charge in [-0.3, -0.25) is 0 Å². The minimum Gasteiger partial charge on any atom is -0.438 e. The summed E-state index contributed by atoms with van der Waals surface area (Å²) in [4.78, 5) is 20.7. The van der Waals surface area contributed by atoms with Gasteiger partial charge >= 0.3 is 12.3 Å². The number of piperidine rings is 1. The number of benzene rings is 1. The number of aliphatic hydroxyl groups excluding tert-OH is 1. The molecule has 0 saturated carbocycles. The largest absolute Gasteiger partial charge is 0.438 e. The second-order valence-electron chi connectivity index (χ2n) is 8.78. The Labute approximate surface area is 195 Å². The van der Waals surface area contributed by atoms with Crippen LogP contribution in [0.3, 0.4) is 0 Å². The van der Waals surface area contributed by atoms with Crippen LogP contribution in [0.1, 0.15) is 43.2 Å². The third kappa shape index (κ3) is 5.11. The first-order valence-electron chi connectivity index (χ1n) is 11.4. The first kappa shape index (κ1) is 24.3. The number of hydrogen-bond acceptors (Lipinski definition) is 5. The van der Waals surface area contributed by atoms with E-state index in [2.05, 4.69) is 4.98 Å². The first-order chi connectivity index (χ1) is 16.2. The topological polar surface area (TPSA) is 65.9 Å². The predicted octanol–water partition coefficient (Wildman–Crippen LogP) is 4.72. The van der Waals surface area contributed by atoms with E-state index in [0.717, 1.165) is 25.1 Å². The normalized spacial score (nSPS) is 23.7. The van der Waals surface area contributed by atoms with Gasteiger partial charge in [0.2, 0.25) is 0 Å². The van der Waals surface area contributed by atoms with Crippen LogP contribution in [0, 0.1) is 5.82 Å². The van der Waals surface area contributed by atoms with Crippen LogP contribution in [-0.2, 0) is 16.5 Å². The van der Waals surface area contributed by atoms with E-state index in [1.54, 1.807) is 17.0 Å². The molecule has 3 heterocycles. The molecule has 2 unspecified atom stereocenters. The van der Waals surface area contributed by atoms with Gasteiger partial charge in [0.15, 0.2) is 0 Å². The molecule has 1 aromatic carbocycles. The number of cyclic esters (lactones) is 1. The molecule has 2 aromatic rings. The number of rotatable bonds is 6. The maximum Gasteiger partial charge on any atom is 0.417 e. The number of aliphatic hydroxyl groups is 1. The van der Waals surface area contributed by atoms with Gasteiger partial charge in [0.05, 0.1) is 11.6 Å². The van der Waals surface area contributed by atoms with Gasteiger partial charge < -0.3 is 19.6 Å². The van der Waals surface area contributed by atoms with Gasteiger partial charge in [-0.05, 0) is 55.5 Å². The van der Waals surface area contributed by atoms with Crippen LogP contribution in [0.15, 0.2) is 42.6 Å². The Morgan fingerprint density at radius 3 is 2.53 bits per heavy atom. The molecular formula is C24H27F4N3O3. The molecule has 0 spiro atoms. The fraction of sp³-hybridized carbons (Fsp3) is 0.500. The number of carbonyl (C=O) groups is 1. The lowest BCUT2D eigenvalue weighted by molar-refractivity contribution is -0.137. The van der Waals surface area contributed by atoms with Crippen molar-refractivity contribution in [1.29, 1.82) is 0 Å². The Balaban J connectivity index is 1.47. The van der Waals surface area contributed by atoms with E-state index >= 15 is 0 Å². The summed E-state index contributed by atoms with van der Waals surface area (Å²) in [6.07, 6.45) is -1.27. The van der Waals surface area contributed by atoms with Crippen LogP contribution in [0.2, 0.25) is 0 Å². The Morgan fingerprint density at radius 1 is 1.15 bits per heavy atom. The number of nitrogens with zero attached hydrogens (tertiary/aromatic N) is 3. The number of hydrogen-bond donors (Lipinski definition) is 1. The molecule has 184 valence electrons. The minimum atomic E-state index is -4.44. The molecule has 0 bridgehead atoms. The first-order valence-corrected chi connectivity index (χ1v) is 11.4. The third-order valence-corrected chi connectivity index (χ3v) is 6.62. The van der Waals surface area contributed by atoms with Crippen molar-refractivity contribution in [2.75, 3.05) is 31.1 Å². The highest BCUT2D eigenvalue weighted by Gasteiger charge is 2.44. The molecule has 4 rings (SSSR count). The second-order valence-corrected chi connectivity index (χ2v) is 8.78. The quantitative estimate of drug-likeness (QED) is 0.605. The van der Waals surface area contributed by atoms with Crippen molar-refractivity contribution in [3.63, 3.8) is 0 Å². The number of anilines is 1. The molecule has 10 heteroatoms. The zero-order chi connectivity index (χ0) is 24.3. The van der Waals surface area contributed by atoms with Crippen molar-refractivity contribution in [2.24, 2.45) is 0 Å². The molecule has 2 saturated heterocycles. The fourth-order valence-corrected chi connectivity index (χ4v) is 4.80. The number of pyridine rings is 1. The Hall–Kier alpha value is -2.88. The highest BCUT2D eigenvalue weighted by Crippen LogP contribution is 2.39. The van der Waals surface area contributed by atoms with E-state index in [-0.39, 0.29) is 18.5 Å². The monoisotopic (exact) mass is 481 g/mol. The summed E-state index contributed by atoms with van der Waals surface area (Å²) in [5.41, 5.74) is -1.05. The van der Waals surface area contributed by atoms with Crippen molar-refractivity contribution in [1.82, 2.24) is 9.88 Å². The summed E-state index contributed by atoms with van der Waals surface area (Å²) in [6, 6.07) is 8.06. The molecule has 34 heavy (non-hydrogen) atoms. The lowest BCUT2D eigenvalue weighted by atomic mass is 9.84. The molecule has 2 aliphatic heterocycles. The Kier molecular flexibility index (Phi) is 6.97. The summed E-state index contributed by atoms with van der Waals surface area (Å²) in [5.74, 6) is 0.0516. The summed E-state index contributed by atoms with van der Waals surface area (Å²) in [5, 5.41) is 9.34. The molecule has 0 radical (unpaired) electrons. The van der Waals surface area contributed by atoms with Crippen molar-refractivity contribution in [3.05, 3.63) is 59.5 Å². The number of alkyl halides is 3. The number of ether oxygens (including phenoxy) is 1. The van der Waals surface area contributed by atoms with Gasteiger partial charge in [-0.15, -0.1) is 0 Å². The van der Waals surface area contributed by atoms with Crippen LogP contribution in [0.4, 0.5) is 28.2 Å². The maximum absolute atomic E-state index is 13.4. The van der Waals surface area contributed by atoms with Gasteiger partial charge in [0, 0.05) is 38.9 Å². The van der Waals surface area contributed by atoms with Crippen LogP contribution in [-0.4, -0.2) is 53.4 Å². The SMILES string of the molecule is O=C1OC(CCCO)(c2ccc(F)cc2)CCN1C1CCCN(c2ccc(C(F)(F)F)cn2)C1. The smallest absolute Gasteiger partial charge is 0.417 e. The summed E-state index contributed by atoms with van der Waals surface area (Å²) in [7, 11) is 0. The van der Waals surface area contributed by atoms with E-state index in [1.807, 2.05) is 4.90 Å². The number of halogens is 4. The lowest BCUT2D eigenvalue weighted by Gasteiger charge is -2.46. The molecule has 6 nitrogen and oxygen atoms in total.